The first-order chi connectivity index (χ1) is 12.5. The third-order valence-electron chi connectivity index (χ3n) is 4.35. The Kier molecular flexibility index (Phi) is 5.46. The second-order valence-corrected chi connectivity index (χ2v) is 6.39. The van der Waals surface area contributed by atoms with E-state index in [1.807, 2.05) is 44.2 Å². The van der Waals surface area contributed by atoms with Crippen molar-refractivity contribution in [2.45, 2.75) is 33.2 Å². The van der Waals surface area contributed by atoms with Gasteiger partial charge in [-0.15, -0.1) is 0 Å². The highest BCUT2D eigenvalue weighted by Crippen LogP contribution is 2.16. The lowest BCUT2D eigenvalue weighted by Crippen LogP contribution is -2.23. The number of benzene rings is 2. The van der Waals surface area contributed by atoms with Crippen LogP contribution in [-0.2, 0) is 17.8 Å². The van der Waals surface area contributed by atoms with Crippen molar-refractivity contribution in [1.29, 1.82) is 0 Å². The van der Waals surface area contributed by atoms with E-state index in [4.69, 9.17) is 0 Å². The maximum absolute atomic E-state index is 14.4. The van der Waals surface area contributed by atoms with E-state index in [1.54, 1.807) is 23.0 Å². The number of hydrogen-bond donors (Lipinski definition) is 1. The molecule has 0 unspecified atom stereocenters. The summed E-state index contributed by atoms with van der Waals surface area (Å²) in [7, 11) is 0. The molecule has 0 spiro atoms. The molecule has 0 bridgehead atoms. The monoisotopic (exact) mass is 351 g/mol. The van der Waals surface area contributed by atoms with Gasteiger partial charge in [0.1, 0.15) is 11.6 Å². The average molecular weight is 351 g/mol. The van der Waals surface area contributed by atoms with E-state index < -0.39 is 0 Å². The molecule has 0 aliphatic heterocycles. The van der Waals surface area contributed by atoms with Crippen molar-refractivity contribution in [2.75, 3.05) is 0 Å². The molecule has 0 radical (unpaired) electrons. The van der Waals surface area contributed by atoms with Crippen LogP contribution in [0, 0.1) is 19.7 Å². The molecule has 26 heavy (non-hydrogen) atoms. The standard InChI is InChI=1S/C21H22FN3O/c1-15-3-5-17(6-4-15)8-10-21(26)24-14-18-7-9-20(19(22)13-18)25-12-11-23-16(25)2/h3-7,9,11-13H,8,10,14H2,1-2H3,(H,24,26). The second kappa shape index (κ2) is 7.95. The third kappa shape index (κ3) is 4.36. The van der Waals surface area contributed by atoms with Crippen molar-refractivity contribution in [3.8, 4) is 5.69 Å². The van der Waals surface area contributed by atoms with Gasteiger partial charge in [-0.1, -0.05) is 35.9 Å². The zero-order valence-corrected chi connectivity index (χ0v) is 15.0. The number of aryl methyl sites for hydroxylation is 3. The largest absolute Gasteiger partial charge is 0.352 e. The van der Waals surface area contributed by atoms with E-state index in [1.165, 1.54) is 11.6 Å². The van der Waals surface area contributed by atoms with Gasteiger partial charge >= 0.3 is 0 Å². The summed E-state index contributed by atoms with van der Waals surface area (Å²) in [6.07, 6.45) is 4.47. The summed E-state index contributed by atoms with van der Waals surface area (Å²) in [6.45, 7) is 4.17. The average Bonchev–Trinajstić information content (AvgIpc) is 3.05. The first kappa shape index (κ1) is 17.9. The van der Waals surface area contributed by atoms with Gasteiger partial charge in [0.05, 0.1) is 5.69 Å². The molecule has 2 aromatic carbocycles. The molecule has 1 heterocycles. The van der Waals surface area contributed by atoms with Gasteiger partial charge in [0.15, 0.2) is 0 Å². The summed E-state index contributed by atoms with van der Waals surface area (Å²) in [5.41, 5.74) is 3.52. The lowest BCUT2D eigenvalue weighted by Gasteiger charge is -2.10. The Morgan fingerprint density at radius 2 is 1.85 bits per heavy atom. The van der Waals surface area contributed by atoms with Crippen LogP contribution in [-0.4, -0.2) is 15.5 Å². The Morgan fingerprint density at radius 1 is 1.12 bits per heavy atom. The molecular weight excluding hydrogens is 329 g/mol. The smallest absolute Gasteiger partial charge is 0.220 e. The zero-order chi connectivity index (χ0) is 18.5. The molecule has 0 saturated carbocycles. The molecular formula is C21H22FN3O. The maximum atomic E-state index is 14.4. The topological polar surface area (TPSA) is 46.9 Å². The van der Waals surface area contributed by atoms with Crippen LogP contribution in [0.2, 0.25) is 0 Å². The number of aromatic nitrogens is 2. The molecule has 0 fully saturated rings. The van der Waals surface area contributed by atoms with Gasteiger partial charge in [-0.3, -0.25) is 4.79 Å². The summed E-state index contributed by atoms with van der Waals surface area (Å²) in [5, 5.41) is 2.85. The van der Waals surface area contributed by atoms with Crippen LogP contribution < -0.4 is 5.32 Å². The van der Waals surface area contributed by atoms with E-state index in [0.29, 0.717) is 25.1 Å². The summed E-state index contributed by atoms with van der Waals surface area (Å²) in [6, 6.07) is 13.1. The highest BCUT2D eigenvalue weighted by molar-refractivity contribution is 5.76. The molecule has 0 aliphatic rings. The minimum absolute atomic E-state index is 0.0412. The number of imidazole rings is 1. The third-order valence-corrected chi connectivity index (χ3v) is 4.35. The van der Waals surface area contributed by atoms with Crippen molar-refractivity contribution in [3.05, 3.63) is 83.2 Å². The predicted octanol–water partition coefficient (Wildman–Crippen LogP) is 3.88. The molecule has 1 aromatic heterocycles. The Bertz CT molecular complexity index is 900. The van der Waals surface area contributed by atoms with Crippen molar-refractivity contribution >= 4 is 5.91 Å². The van der Waals surface area contributed by atoms with Crippen molar-refractivity contribution in [1.82, 2.24) is 14.9 Å². The zero-order valence-electron chi connectivity index (χ0n) is 15.0. The first-order valence-corrected chi connectivity index (χ1v) is 8.64. The van der Waals surface area contributed by atoms with Crippen molar-refractivity contribution in [3.63, 3.8) is 0 Å². The Labute approximate surface area is 152 Å². The number of carbonyl (C=O) groups is 1. The van der Waals surface area contributed by atoms with E-state index in [0.717, 1.165) is 17.0 Å². The van der Waals surface area contributed by atoms with Crippen LogP contribution in [0.15, 0.2) is 54.9 Å². The van der Waals surface area contributed by atoms with E-state index in [-0.39, 0.29) is 11.7 Å². The molecule has 134 valence electrons. The summed E-state index contributed by atoms with van der Waals surface area (Å²) in [4.78, 5) is 16.1. The molecule has 0 aliphatic carbocycles. The number of carbonyl (C=O) groups excluding carboxylic acids is 1. The normalized spacial score (nSPS) is 10.7. The molecule has 3 rings (SSSR count). The highest BCUT2D eigenvalue weighted by atomic mass is 19.1. The van der Waals surface area contributed by atoms with Gasteiger partial charge in [-0.2, -0.15) is 0 Å². The van der Waals surface area contributed by atoms with Crippen molar-refractivity contribution < 1.29 is 9.18 Å². The Balaban J connectivity index is 1.54. The van der Waals surface area contributed by atoms with Crippen LogP contribution in [0.5, 0.6) is 0 Å². The number of amides is 1. The van der Waals surface area contributed by atoms with Gasteiger partial charge in [-0.05, 0) is 43.5 Å². The minimum Gasteiger partial charge on any atom is -0.352 e. The van der Waals surface area contributed by atoms with E-state index >= 15 is 0 Å². The van der Waals surface area contributed by atoms with Gasteiger partial charge in [0.25, 0.3) is 0 Å². The Morgan fingerprint density at radius 3 is 2.50 bits per heavy atom. The summed E-state index contributed by atoms with van der Waals surface area (Å²) < 4.78 is 16.1. The number of halogens is 1. The Hall–Kier alpha value is -2.95. The number of rotatable bonds is 6. The van der Waals surface area contributed by atoms with Gasteiger partial charge in [-0.25, -0.2) is 9.37 Å². The van der Waals surface area contributed by atoms with Crippen LogP contribution in [0.3, 0.4) is 0 Å². The fourth-order valence-electron chi connectivity index (χ4n) is 2.79. The predicted molar refractivity (Wildman–Crippen MR) is 99.6 cm³/mol. The van der Waals surface area contributed by atoms with Gasteiger partial charge in [0, 0.05) is 25.4 Å². The van der Waals surface area contributed by atoms with E-state index in [2.05, 4.69) is 10.3 Å². The van der Waals surface area contributed by atoms with Crippen LogP contribution >= 0.6 is 0 Å². The SMILES string of the molecule is Cc1ccc(CCC(=O)NCc2ccc(-n3ccnc3C)c(F)c2)cc1. The number of hydrogen-bond acceptors (Lipinski definition) is 2. The lowest BCUT2D eigenvalue weighted by molar-refractivity contribution is -0.121. The first-order valence-electron chi connectivity index (χ1n) is 8.64. The van der Waals surface area contributed by atoms with Gasteiger partial charge < -0.3 is 9.88 Å². The molecule has 5 heteroatoms. The fourth-order valence-corrected chi connectivity index (χ4v) is 2.79. The molecule has 3 aromatic rings. The minimum atomic E-state index is -0.336. The highest BCUT2D eigenvalue weighted by Gasteiger charge is 2.09. The molecule has 1 amide bonds. The second-order valence-electron chi connectivity index (χ2n) is 6.39. The van der Waals surface area contributed by atoms with Crippen LogP contribution in [0.1, 0.15) is 28.9 Å². The molecule has 4 nitrogen and oxygen atoms in total. The van der Waals surface area contributed by atoms with Gasteiger partial charge in [0.2, 0.25) is 5.91 Å². The summed E-state index contributed by atoms with van der Waals surface area (Å²) in [5.74, 6) is 0.346. The lowest BCUT2D eigenvalue weighted by atomic mass is 10.1. The number of nitrogens with one attached hydrogen (secondary N) is 1. The maximum Gasteiger partial charge on any atom is 0.220 e. The van der Waals surface area contributed by atoms with Crippen LogP contribution in [0.4, 0.5) is 4.39 Å². The van der Waals surface area contributed by atoms with E-state index in [9.17, 15) is 9.18 Å². The molecule has 1 N–H and O–H groups in total. The number of nitrogens with zero attached hydrogens (tertiary/aromatic N) is 2. The molecule has 0 atom stereocenters. The molecule has 0 saturated heterocycles. The van der Waals surface area contributed by atoms with Crippen LogP contribution in [0.25, 0.3) is 5.69 Å². The fraction of sp³-hybridized carbons (Fsp3) is 0.238. The summed E-state index contributed by atoms with van der Waals surface area (Å²) >= 11 is 0. The van der Waals surface area contributed by atoms with Crippen molar-refractivity contribution in [2.24, 2.45) is 0 Å². The quantitative estimate of drug-likeness (QED) is 0.733.